The van der Waals surface area contributed by atoms with Crippen molar-refractivity contribution in [2.75, 3.05) is 5.32 Å². The molecule has 2 aromatic carbocycles. The van der Waals surface area contributed by atoms with Crippen LogP contribution in [0.1, 0.15) is 28.9 Å². The number of fused-ring (bicyclic) bond motifs is 1. The lowest BCUT2D eigenvalue weighted by Gasteiger charge is -2.14. The minimum Gasteiger partial charge on any atom is -0.470 e. The van der Waals surface area contributed by atoms with Crippen molar-refractivity contribution in [3.63, 3.8) is 0 Å². The molecule has 0 radical (unpaired) electrons. The van der Waals surface area contributed by atoms with E-state index in [4.69, 9.17) is 4.74 Å². The fourth-order valence-electron chi connectivity index (χ4n) is 2.87. The van der Waals surface area contributed by atoms with E-state index >= 15 is 0 Å². The Labute approximate surface area is 160 Å². The molecule has 0 bridgehead atoms. The lowest BCUT2D eigenvalue weighted by molar-refractivity contribution is 0.102. The number of imidazole rings is 1. The Balaban J connectivity index is 1.43. The van der Waals surface area contributed by atoms with Gasteiger partial charge in [-0.2, -0.15) is 0 Å². The number of H-pyrrole nitrogens is 2. The van der Waals surface area contributed by atoms with Crippen LogP contribution in [-0.4, -0.2) is 20.9 Å². The number of benzene rings is 2. The number of anilines is 1. The van der Waals surface area contributed by atoms with Crippen LogP contribution in [0.2, 0.25) is 0 Å². The number of nitrogens with one attached hydrogen (secondary N) is 3. The van der Waals surface area contributed by atoms with Crippen LogP contribution in [0.25, 0.3) is 11.0 Å². The third kappa shape index (κ3) is 3.78. The van der Waals surface area contributed by atoms with Crippen molar-refractivity contribution in [1.82, 2.24) is 15.0 Å². The first-order valence-electron chi connectivity index (χ1n) is 8.79. The van der Waals surface area contributed by atoms with Crippen LogP contribution in [-0.2, 0) is 0 Å². The second kappa shape index (κ2) is 7.40. The van der Waals surface area contributed by atoms with Crippen molar-refractivity contribution < 1.29 is 9.53 Å². The van der Waals surface area contributed by atoms with E-state index in [1.165, 1.54) is 6.20 Å². The number of hydrogen-bond acceptors (Lipinski definition) is 4. The van der Waals surface area contributed by atoms with Crippen LogP contribution in [0.5, 0.6) is 5.88 Å². The van der Waals surface area contributed by atoms with Crippen LogP contribution in [0.15, 0.2) is 71.7 Å². The lowest BCUT2D eigenvalue weighted by Crippen LogP contribution is -2.12. The minimum atomic E-state index is -0.299. The Kier molecular flexibility index (Phi) is 4.63. The summed E-state index contributed by atoms with van der Waals surface area (Å²) in [5.41, 5.74) is 3.04. The minimum absolute atomic E-state index is 0.149. The molecular formula is C21H18N4O3. The molecule has 0 saturated carbocycles. The molecule has 0 aliphatic carbocycles. The van der Waals surface area contributed by atoms with E-state index in [-0.39, 0.29) is 17.7 Å². The number of aromatic amines is 2. The van der Waals surface area contributed by atoms with Crippen LogP contribution < -0.4 is 15.7 Å². The average molecular weight is 374 g/mol. The number of carbonyl (C=O) groups is 1. The molecule has 7 nitrogen and oxygen atoms in total. The topological polar surface area (TPSA) is 99.9 Å². The summed E-state index contributed by atoms with van der Waals surface area (Å²) >= 11 is 0. The fraction of sp³-hybridized carbons (Fsp3) is 0.0952. The first-order valence-corrected chi connectivity index (χ1v) is 8.79. The highest BCUT2D eigenvalue weighted by Crippen LogP contribution is 2.20. The monoisotopic (exact) mass is 374 g/mol. The molecule has 3 N–H and O–H groups in total. The van der Waals surface area contributed by atoms with Gasteiger partial charge in [0.05, 0.1) is 16.6 Å². The summed E-state index contributed by atoms with van der Waals surface area (Å²) in [6.45, 7) is 1.94. The third-order valence-corrected chi connectivity index (χ3v) is 4.34. The van der Waals surface area contributed by atoms with Gasteiger partial charge in [0.25, 0.3) is 5.91 Å². The van der Waals surface area contributed by atoms with Crippen molar-refractivity contribution in [2.24, 2.45) is 0 Å². The number of nitrogens with zero attached hydrogens (tertiary/aromatic N) is 1. The van der Waals surface area contributed by atoms with Gasteiger partial charge in [-0.05, 0) is 36.8 Å². The summed E-state index contributed by atoms with van der Waals surface area (Å²) in [6, 6.07) is 18.3. The van der Waals surface area contributed by atoms with Gasteiger partial charge in [0.2, 0.25) is 5.88 Å². The second-order valence-corrected chi connectivity index (χ2v) is 6.35. The number of ether oxygens (including phenoxy) is 1. The zero-order valence-electron chi connectivity index (χ0n) is 15.1. The van der Waals surface area contributed by atoms with Crippen LogP contribution >= 0.6 is 0 Å². The van der Waals surface area contributed by atoms with E-state index in [2.05, 4.69) is 20.3 Å². The molecule has 1 atom stereocenters. The Bertz CT molecular complexity index is 1160. The van der Waals surface area contributed by atoms with Crippen molar-refractivity contribution >= 4 is 22.6 Å². The quantitative estimate of drug-likeness (QED) is 0.496. The van der Waals surface area contributed by atoms with Crippen LogP contribution in [0.3, 0.4) is 0 Å². The van der Waals surface area contributed by atoms with Crippen molar-refractivity contribution in [3.8, 4) is 5.88 Å². The number of aromatic nitrogens is 3. The molecule has 7 heteroatoms. The molecule has 0 aliphatic heterocycles. The molecule has 0 aliphatic rings. The number of carbonyl (C=O) groups excluding carboxylic acids is 1. The third-order valence-electron chi connectivity index (χ3n) is 4.34. The lowest BCUT2D eigenvalue weighted by atomic mass is 10.1. The number of amides is 1. The zero-order chi connectivity index (χ0) is 19.5. The van der Waals surface area contributed by atoms with Crippen molar-refractivity contribution in [3.05, 3.63) is 88.5 Å². The van der Waals surface area contributed by atoms with Gasteiger partial charge < -0.3 is 20.0 Å². The average Bonchev–Trinajstić information content (AvgIpc) is 3.08. The molecule has 0 saturated heterocycles. The summed E-state index contributed by atoms with van der Waals surface area (Å²) in [5.74, 6) is 0.145. The Morgan fingerprint density at radius 3 is 2.57 bits per heavy atom. The molecule has 1 amide bonds. The standard InChI is InChI=1S/C21H18N4O3/c1-13(14-5-3-2-4-6-14)28-19-10-7-15(12-22-19)20(26)23-16-8-9-17-18(11-16)25-21(27)24-17/h2-13H,1H3,(H,23,26)(H2,24,25,27). The summed E-state index contributed by atoms with van der Waals surface area (Å²) < 4.78 is 5.82. The molecular weight excluding hydrogens is 356 g/mol. The molecule has 0 spiro atoms. The van der Waals surface area contributed by atoms with Gasteiger partial charge >= 0.3 is 5.69 Å². The predicted molar refractivity (Wildman–Crippen MR) is 107 cm³/mol. The van der Waals surface area contributed by atoms with Gasteiger partial charge in [-0.3, -0.25) is 4.79 Å². The van der Waals surface area contributed by atoms with E-state index in [1.807, 2.05) is 37.3 Å². The zero-order valence-corrected chi connectivity index (χ0v) is 15.1. The highest BCUT2D eigenvalue weighted by Gasteiger charge is 2.11. The predicted octanol–water partition coefficient (Wildman–Crippen LogP) is 3.64. The van der Waals surface area contributed by atoms with E-state index in [1.54, 1.807) is 30.3 Å². The van der Waals surface area contributed by atoms with Gasteiger partial charge in [-0.1, -0.05) is 30.3 Å². The van der Waals surface area contributed by atoms with E-state index in [0.717, 1.165) is 5.56 Å². The molecule has 1 unspecified atom stereocenters. The normalized spacial score (nSPS) is 11.9. The molecule has 0 fully saturated rings. The molecule has 4 aromatic rings. The molecule has 140 valence electrons. The molecule has 2 aromatic heterocycles. The molecule has 4 rings (SSSR count). The Hall–Kier alpha value is -3.87. The fourth-order valence-corrected chi connectivity index (χ4v) is 2.87. The van der Waals surface area contributed by atoms with Crippen molar-refractivity contribution in [2.45, 2.75) is 13.0 Å². The first kappa shape index (κ1) is 17.5. The second-order valence-electron chi connectivity index (χ2n) is 6.35. The maximum absolute atomic E-state index is 12.4. The van der Waals surface area contributed by atoms with Gasteiger partial charge in [0, 0.05) is 18.0 Å². The van der Waals surface area contributed by atoms with E-state index in [0.29, 0.717) is 28.2 Å². The van der Waals surface area contributed by atoms with E-state index in [9.17, 15) is 9.59 Å². The van der Waals surface area contributed by atoms with Crippen molar-refractivity contribution in [1.29, 1.82) is 0 Å². The molecule has 2 heterocycles. The Morgan fingerprint density at radius 2 is 1.82 bits per heavy atom. The number of hydrogen-bond donors (Lipinski definition) is 3. The maximum Gasteiger partial charge on any atom is 0.323 e. The SMILES string of the molecule is CC(Oc1ccc(C(=O)Nc2ccc3[nH]c(=O)[nH]c3c2)cn1)c1ccccc1. The van der Waals surface area contributed by atoms with E-state index < -0.39 is 0 Å². The van der Waals surface area contributed by atoms with Crippen LogP contribution in [0, 0.1) is 0 Å². The summed E-state index contributed by atoms with van der Waals surface area (Å²) in [5, 5.41) is 2.79. The summed E-state index contributed by atoms with van der Waals surface area (Å²) in [7, 11) is 0. The number of rotatable bonds is 5. The summed E-state index contributed by atoms with van der Waals surface area (Å²) in [4.78, 5) is 33.3. The largest absolute Gasteiger partial charge is 0.470 e. The van der Waals surface area contributed by atoms with Gasteiger partial charge in [0.15, 0.2) is 0 Å². The Morgan fingerprint density at radius 1 is 1.04 bits per heavy atom. The highest BCUT2D eigenvalue weighted by molar-refractivity contribution is 6.04. The molecule has 28 heavy (non-hydrogen) atoms. The van der Waals surface area contributed by atoms with Crippen LogP contribution in [0.4, 0.5) is 5.69 Å². The smallest absolute Gasteiger partial charge is 0.323 e. The first-order chi connectivity index (χ1) is 13.6. The number of pyridine rings is 1. The summed E-state index contributed by atoms with van der Waals surface area (Å²) in [6.07, 6.45) is 1.32. The van der Waals surface area contributed by atoms with Gasteiger partial charge in [-0.25, -0.2) is 9.78 Å². The maximum atomic E-state index is 12.4. The van der Waals surface area contributed by atoms with Gasteiger partial charge in [-0.15, -0.1) is 0 Å². The van der Waals surface area contributed by atoms with Gasteiger partial charge in [0.1, 0.15) is 6.10 Å². The highest BCUT2D eigenvalue weighted by atomic mass is 16.5.